The summed E-state index contributed by atoms with van der Waals surface area (Å²) in [4.78, 5) is 0. The number of hydrogen-bond acceptors (Lipinski definition) is 3. The Kier molecular flexibility index (Phi) is 4.17. The van der Waals surface area contributed by atoms with Crippen molar-refractivity contribution in [2.24, 2.45) is 0 Å². The van der Waals surface area contributed by atoms with Gasteiger partial charge in [0.2, 0.25) is 0 Å². The summed E-state index contributed by atoms with van der Waals surface area (Å²) in [6.45, 7) is 3.03. The van der Waals surface area contributed by atoms with Crippen LogP contribution < -0.4 is 5.32 Å². The Morgan fingerprint density at radius 1 is 1.29 bits per heavy atom. The molecule has 2 aromatic heterocycles. The zero-order chi connectivity index (χ0) is 16.4. The molecule has 1 aliphatic rings. The van der Waals surface area contributed by atoms with Gasteiger partial charge in [0.1, 0.15) is 0 Å². The highest BCUT2D eigenvalue weighted by atomic mass is 15.3. The van der Waals surface area contributed by atoms with Gasteiger partial charge < -0.3 is 5.32 Å². The van der Waals surface area contributed by atoms with Crippen molar-refractivity contribution >= 4 is 0 Å². The van der Waals surface area contributed by atoms with Gasteiger partial charge in [-0.15, -0.1) is 0 Å². The fourth-order valence-corrected chi connectivity index (χ4v) is 3.47. The number of fused-ring (bicyclic) bond motifs is 1. The van der Waals surface area contributed by atoms with E-state index < -0.39 is 0 Å². The van der Waals surface area contributed by atoms with Crippen molar-refractivity contribution < 1.29 is 0 Å². The predicted octanol–water partition coefficient (Wildman–Crippen LogP) is 2.86. The summed E-state index contributed by atoms with van der Waals surface area (Å²) in [5.41, 5.74) is 5.17. The third kappa shape index (κ3) is 3.26. The first-order valence-corrected chi connectivity index (χ1v) is 8.61. The molecular weight excluding hydrogens is 298 g/mol. The molecular formula is C19H23N5. The molecule has 4 rings (SSSR count). The summed E-state index contributed by atoms with van der Waals surface area (Å²) < 4.78 is 2.01. The van der Waals surface area contributed by atoms with E-state index >= 15 is 0 Å². The van der Waals surface area contributed by atoms with E-state index in [4.69, 9.17) is 0 Å². The first kappa shape index (κ1) is 15.1. The van der Waals surface area contributed by atoms with Gasteiger partial charge >= 0.3 is 0 Å². The van der Waals surface area contributed by atoms with Crippen LogP contribution in [-0.4, -0.2) is 26.0 Å². The van der Waals surface area contributed by atoms with Crippen LogP contribution in [0.3, 0.4) is 0 Å². The van der Waals surface area contributed by atoms with Crippen molar-refractivity contribution in [1.29, 1.82) is 0 Å². The fraction of sp³-hybridized carbons (Fsp3) is 0.368. The minimum Gasteiger partial charge on any atom is -0.307 e. The van der Waals surface area contributed by atoms with Gasteiger partial charge in [0.25, 0.3) is 0 Å². The van der Waals surface area contributed by atoms with E-state index in [1.54, 1.807) is 0 Å². The molecule has 0 aliphatic heterocycles. The minimum absolute atomic E-state index is 0.299. The second-order valence-corrected chi connectivity index (χ2v) is 6.66. The van der Waals surface area contributed by atoms with Gasteiger partial charge in [0, 0.05) is 29.5 Å². The number of H-pyrrole nitrogens is 1. The third-order valence-corrected chi connectivity index (χ3v) is 4.84. The topological polar surface area (TPSA) is 58.5 Å². The van der Waals surface area contributed by atoms with Crippen molar-refractivity contribution in [3.63, 3.8) is 0 Å². The Balaban J connectivity index is 1.38. The summed E-state index contributed by atoms with van der Waals surface area (Å²) in [5.74, 6) is 0. The van der Waals surface area contributed by atoms with E-state index in [-0.39, 0.29) is 0 Å². The summed E-state index contributed by atoms with van der Waals surface area (Å²) in [5, 5.41) is 15.5. The lowest BCUT2D eigenvalue weighted by Crippen LogP contribution is -2.36. The van der Waals surface area contributed by atoms with Crippen molar-refractivity contribution in [1.82, 2.24) is 25.3 Å². The maximum atomic E-state index is 4.51. The molecule has 124 valence electrons. The average Bonchev–Trinajstić information content (AvgIpc) is 3.24. The lowest BCUT2D eigenvalue weighted by atomic mass is 9.93. The quantitative estimate of drug-likeness (QED) is 0.760. The minimum atomic E-state index is 0.299. The molecule has 2 atom stereocenters. The molecule has 2 heterocycles. The first-order chi connectivity index (χ1) is 11.8. The number of benzene rings is 1. The zero-order valence-electron chi connectivity index (χ0n) is 13.9. The van der Waals surface area contributed by atoms with E-state index in [0.717, 1.165) is 25.8 Å². The van der Waals surface area contributed by atoms with Crippen molar-refractivity contribution in [2.45, 2.75) is 44.8 Å². The van der Waals surface area contributed by atoms with Crippen LogP contribution in [-0.2, 0) is 19.4 Å². The fourth-order valence-electron chi connectivity index (χ4n) is 3.47. The van der Waals surface area contributed by atoms with Crippen LogP contribution in [0.15, 0.2) is 48.9 Å². The molecule has 5 nitrogen and oxygen atoms in total. The molecule has 1 aliphatic carbocycles. The molecule has 0 saturated heterocycles. The highest BCUT2D eigenvalue weighted by molar-refractivity contribution is 5.22. The van der Waals surface area contributed by atoms with E-state index in [0.29, 0.717) is 12.1 Å². The number of nitrogens with one attached hydrogen (secondary N) is 2. The highest BCUT2D eigenvalue weighted by Crippen LogP contribution is 2.22. The molecule has 0 fully saturated rings. The Hall–Kier alpha value is -2.40. The van der Waals surface area contributed by atoms with Crippen LogP contribution in [0.2, 0.25) is 0 Å². The molecule has 5 heteroatoms. The number of aryl methyl sites for hydroxylation is 1. The molecule has 24 heavy (non-hydrogen) atoms. The molecule has 2 N–H and O–H groups in total. The summed E-state index contributed by atoms with van der Waals surface area (Å²) in [6.07, 6.45) is 9.37. The number of aromatic nitrogens is 4. The molecule has 0 saturated carbocycles. The number of hydrogen-bond donors (Lipinski definition) is 2. The highest BCUT2D eigenvalue weighted by Gasteiger charge is 2.22. The summed E-state index contributed by atoms with van der Waals surface area (Å²) in [6, 6.07) is 11.2. The smallest absolute Gasteiger partial charge is 0.0659 e. The van der Waals surface area contributed by atoms with E-state index in [2.05, 4.69) is 58.0 Å². The number of rotatable bonds is 5. The van der Waals surface area contributed by atoms with Gasteiger partial charge in [-0.05, 0) is 37.3 Å². The first-order valence-electron chi connectivity index (χ1n) is 8.61. The van der Waals surface area contributed by atoms with Crippen molar-refractivity contribution in [3.8, 4) is 0 Å². The summed E-state index contributed by atoms with van der Waals surface area (Å²) >= 11 is 0. The Morgan fingerprint density at radius 2 is 2.17 bits per heavy atom. The average molecular weight is 321 g/mol. The van der Waals surface area contributed by atoms with Crippen LogP contribution in [0.4, 0.5) is 0 Å². The Bertz CT molecular complexity index is 789. The van der Waals surface area contributed by atoms with Crippen LogP contribution in [0.5, 0.6) is 0 Å². The normalized spacial score (nSPS) is 18.3. The maximum absolute atomic E-state index is 4.51. The predicted molar refractivity (Wildman–Crippen MR) is 93.7 cm³/mol. The van der Waals surface area contributed by atoms with Crippen LogP contribution in [0, 0.1) is 0 Å². The van der Waals surface area contributed by atoms with Crippen LogP contribution in [0.25, 0.3) is 0 Å². The van der Waals surface area contributed by atoms with Crippen LogP contribution >= 0.6 is 0 Å². The summed E-state index contributed by atoms with van der Waals surface area (Å²) in [7, 11) is 0. The van der Waals surface area contributed by atoms with Crippen LogP contribution in [0.1, 0.15) is 41.8 Å². The lowest BCUT2D eigenvalue weighted by molar-refractivity contribution is 0.412. The van der Waals surface area contributed by atoms with Gasteiger partial charge in [-0.3, -0.25) is 9.78 Å². The zero-order valence-corrected chi connectivity index (χ0v) is 13.9. The molecule has 3 aromatic rings. The molecule has 0 radical (unpaired) electrons. The Morgan fingerprint density at radius 3 is 3.04 bits per heavy atom. The largest absolute Gasteiger partial charge is 0.307 e. The Labute approximate surface area is 142 Å². The molecule has 1 aromatic carbocycles. The van der Waals surface area contributed by atoms with E-state index in [1.165, 1.54) is 22.4 Å². The molecule has 0 unspecified atom stereocenters. The van der Waals surface area contributed by atoms with Gasteiger partial charge in [0.05, 0.1) is 18.9 Å². The molecule has 0 spiro atoms. The monoisotopic (exact) mass is 321 g/mol. The van der Waals surface area contributed by atoms with Gasteiger partial charge in [-0.25, -0.2) is 0 Å². The van der Waals surface area contributed by atoms with Gasteiger partial charge in [0.15, 0.2) is 0 Å². The SMILES string of the molecule is C[C@H](N[C@@H]1CCc2[nH]ncc2C1)c1cnn(Cc2ccccc2)c1. The van der Waals surface area contributed by atoms with Crippen molar-refractivity contribution in [3.05, 3.63) is 71.3 Å². The molecule has 0 amide bonds. The van der Waals surface area contributed by atoms with Crippen molar-refractivity contribution in [2.75, 3.05) is 0 Å². The molecule has 0 bridgehead atoms. The second kappa shape index (κ2) is 6.61. The van der Waals surface area contributed by atoms with E-state index in [1.807, 2.05) is 23.1 Å². The van der Waals surface area contributed by atoms with Gasteiger partial charge in [-0.2, -0.15) is 10.2 Å². The third-order valence-electron chi connectivity index (χ3n) is 4.84. The standard InChI is InChI=1S/C19H23N5/c1-14(22-18-7-8-19-16(9-18)10-20-23-19)17-11-21-24(13-17)12-15-5-3-2-4-6-15/h2-6,10-11,13-14,18,22H,7-9,12H2,1H3,(H,20,23)/t14-,18+/m0/s1. The lowest BCUT2D eigenvalue weighted by Gasteiger charge is -2.26. The number of nitrogens with zero attached hydrogens (tertiary/aromatic N) is 3. The number of aromatic amines is 1. The van der Waals surface area contributed by atoms with E-state index in [9.17, 15) is 0 Å². The second-order valence-electron chi connectivity index (χ2n) is 6.66. The van der Waals surface area contributed by atoms with Gasteiger partial charge in [-0.1, -0.05) is 30.3 Å². The maximum Gasteiger partial charge on any atom is 0.0659 e.